The van der Waals surface area contributed by atoms with Crippen LogP contribution < -0.4 is 10.5 Å². The molecule has 0 aliphatic carbocycles. The molecule has 0 fully saturated rings. The minimum atomic E-state index is -0.233. The molecule has 17 heavy (non-hydrogen) atoms. The summed E-state index contributed by atoms with van der Waals surface area (Å²) in [6.45, 7) is 2.78. The van der Waals surface area contributed by atoms with Gasteiger partial charge in [-0.25, -0.2) is 0 Å². The molecule has 0 saturated heterocycles. The largest absolute Gasteiger partial charge is 0.487 e. The van der Waals surface area contributed by atoms with Crippen molar-refractivity contribution in [2.24, 2.45) is 5.73 Å². The fourth-order valence-electron chi connectivity index (χ4n) is 2.26. The predicted molar refractivity (Wildman–Crippen MR) is 71.2 cm³/mol. The third-order valence-corrected chi connectivity index (χ3v) is 3.71. The highest BCUT2D eigenvalue weighted by atomic mass is 79.9. The van der Waals surface area contributed by atoms with Crippen molar-refractivity contribution in [3.8, 4) is 5.75 Å². The summed E-state index contributed by atoms with van der Waals surface area (Å²) in [5.41, 5.74) is 7.06. The molecule has 0 radical (unpaired) electrons. The highest BCUT2D eigenvalue weighted by Crippen LogP contribution is 2.40. The topological polar surface area (TPSA) is 44.5 Å². The minimum Gasteiger partial charge on any atom is -0.487 e. The van der Waals surface area contributed by atoms with Crippen molar-refractivity contribution >= 4 is 15.9 Å². The van der Waals surface area contributed by atoms with Crippen molar-refractivity contribution < 1.29 is 9.47 Å². The molecular weight excluding hydrogens is 282 g/mol. The zero-order valence-corrected chi connectivity index (χ0v) is 11.8. The van der Waals surface area contributed by atoms with Gasteiger partial charge in [0.15, 0.2) is 0 Å². The van der Waals surface area contributed by atoms with Crippen molar-refractivity contribution in [2.45, 2.75) is 31.4 Å². The summed E-state index contributed by atoms with van der Waals surface area (Å²) < 4.78 is 12.2. The van der Waals surface area contributed by atoms with Gasteiger partial charge in [0.2, 0.25) is 0 Å². The Morgan fingerprint density at radius 3 is 3.06 bits per heavy atom. The molecule has 1 aliphatic heterocycles. The lowest BCUT2D eigenvalue weighted by molar-refractivity contribution is 0.0215. The number of halogens is 1. The average Bonchev–Trinajstić information content (AvgIpc) is 2.25. The normalized spacial score (nSPS) is 27.4. The standard InChI is InChI=1S/C13H18BrNO2/c1-13(5-6-16-2)8-11(15)10-4-3-9(14)7-12(10)17-13/h3-4,7,11H,5-6,8,15H2,1-2H3/t11-,13?/m0/s1. The van der Waals surface area contributed by atoms with E-state index in [0.29, 0.717) is 6.61 Å². The lowest BCUT2D eigenvalue weighted by Crippen LogP contribution is -2.41. The highest BCUT2D eigenvalue weighted by molar-refractivity contribution is 9.10. The van der Waals surface area contributed by atoms with E-state index in [4.69, 9.17) is 15.2 Å². The zero-order chi connectivity index (χ0) is 12.5. The second-order valence-electron chi connectivity index (χ2n) is 4.79. The first-order chi connectivity index (χ1) is 8.04. The van der Waals surface area contributed by atoms with E-state index in [1.165, 1.54) is 0 Å². The Balaban J connectivity index is 2.25. The van der Waals surface area contributed by atoms with Crippen molar-refractivity contribution in [2.75, 3.05) is 13.7 Å². The third-order valence-electron chi connectivity index (χ3n) is 3.22. The highest BCUT2D eigenvalue weighted by Gasteiger charge is 2.35. The van der Waals surface area contributed by atoms with Gasteiger partial charge in [0.25, 0.3) is 0 Å². The van der Waals surface area contributed by atoms with Gasteiger partial charge in [0.05, 0.1) is 0 Å². The number of benzene rings is 1. The Morgan fingerprint density at radius 1 is 1.59 bits per heavy atom. The Hall–Kier alpha value is -0.580. The van der Waals surface area contributed by atoms with E-state index in [2.05, 4.69) is 22.9 Å². The first-order valence-electron chi connectivity index (χ1n) is 5.77. The molecule has 0 aromatic heterocycles. The summed E-state index contributed by atoms with van der Waals surface area (Å²) in [5.74, 6) is 0.886. The molecule has 0 spiro atoms. The van der Waals surface area contributed by atoms with Crippen LogP contribution in [-0.2, 0) is 4.74 Å². The molecule has 1 unspecified atom stereocenters. The van der Waals surface area contributed by atoms with Gasteiger partial charge in [-0.05, 0) is 19.1 Å². The third kappa shape index (κ3) is 2.81. The first kappa shape index (κ1) is 12.9. The quantitative estimate of drug-likeness (QED) is 0.933. The molecule has 94 valence electrons. The molecule has 4 heteroatoms. The van der Waals surface area contributed by atoms with Crippen LogP contribution in [0.15, 0.2) is 22.7 Å². The van der Waals surface area contributed by atoms with E-state index in [-0.39, 0.29) is 11.6 Å². The second kappa shape index (κ2) is 4.96. The number of hydrogen-bond donors (Lipinski definition) is 1. The Morgan fingerprint density at radius 2 is 2.35 bits per heavy atom. The fraction of sp³-hybridized carbons (Fsp3) is 0.538. The molecule has 2 rings (SSSR count). The zero-order valence-electron chi connectivity index (χ0n) is 10.2. The fourth-order valence-corrected chi connectivity index (χ4v) is 2.60. The van der Waals surface area contributed by atoms with Crippen molar-refractivity contribution in [3.05, 3.63) is 28.2 Å². The molecule has 1 heterocycles. The second-order valence-corrected chi connectivity index (χ2v) is 5.70. The van der Waals surface area contributed by atoms with Crippen molar-refractivity contribution in [3.63, 3.8) is 0 Å². The number of fused-ring (bicyclic) bond motifs is 1. The van der Waals surface area contributed by atoms with E-state index < -0.39 is 0 Å². The molecule has 0 amide bonds. The summed E-state index contributed by atoms with van der Waals surface area (Å²) in [4.78, 5) is 0. The molecular formula is C13H18BrNO2. The van der Waals surface area contributed by atoms with Gasteiger partial charge in [-0.15, -0.1) is 0 Å². The maximum atomic E-state index is 6.21. The molecule has 2 N–H and O–H groups in total. The molecule has 1 aliphatic rings. The van der Waals surface area contributed by atoms with Crippen molar-refractivity contribution in [1.82, 2.24) is 0 Å². The van der Waals surface area contributed by atoms with Gasteiger partial charge >= 0.3 is 0 Å². The monoisotopic (exact) mass is 299 g/mol. The van der Waals surface area contributed by atoms with Gasteiger partial charge in [-0.2, -0.15) is 0 Å². The SMILES string of the molecule is COCCC1(C)C[C@H](N)c2ccc(Br)cc2O1. The van der Waals surface area contributed by atoms with Crippen LogP contribution >= 0.6 is 15.9 Å². The Bertz CT molecular complexity index is 410. The van der Waals surface area contributed by atoms with E-state index >= 15 is 0 Å². The summed E-state index contributed by atoms with van der Waals surface area (Å²) in [7, 11) is 1.71. The summed E-state index contributed by atoms with van der Waals surface area (Å²) in [6.07, 6.45) is 1.67. The first-order valence-corrected chi connectivity index (χ1v) is 6.56. The van der Waals surface area contributed by atoms with Crippen LogP contribution in [0, 0.1) is 0 Å². The predicted octanol–water partition coefficient (Wildman–Crippen LogP) is 3.03. The smallest absolute Gasteiger partial charge is 0.126 e. The molecule has 1 aromatic carbocycles. The van der Waals surface area contributed by atoms with Gasteiger partial charge in [-0.1, -0.05) is 22.0 Å². The van der Waals surface area contributed by atoms with E-state index in [0.717, 1.165) is 28.6 Å². The molecule has 3 nitrogen and oxygen atoms in total. The van der Waals surface area contributed by atoms with Gasteiger partial charge in [0, 0.05) is 42.6 Å². The van der Waals surface area contributed by atoms with Gasteiger partial charge in [-0.3, -0.25) is 0 Å². The van der Waals surface area contributed by atoms with Crippen LogP contribution in [0.25, 0.3) is 0 Å². The number of nitrogens with two attached hydrogens (primary N) is 1. The van der Waals surface area contributed by atoms with Crippen LogP contribution in [0.3, 0.4) is 0 Å². The van der Waals surface area contributed by atoms with E-state index in [9.17, 15) is 0 Å². The number of rotatable bonds is 3. The summed E-state index contributed by atoms with van der Waals surface area (Å²) in [5, 5.41) is 0. The molecule has 1 aromatic rings. The maximum absolute atomic E-state index is 6.21. The lowest BCUT2D eigenvalue weighted by Gasteiger charge is -2.38. The van der Waals surface area contributed by atoms with Crippen molar-refractivity contribution in [1.29, 1.82) is 0 Å². The molecule has 2 atom stereocenters. The van der Waals surface area contributed by atoms with E-state index in [1.807, 2.05) is 18.2 Å². The van der Waals surface area contributed by atoms with Crippen LogP contribution in [0.5, 0.6) is 5.75 Å². The minimum absolute atomic E-state index is 0.0358. The number of methoxy groups -OCH3 is 1. The molecule has 0 bridgehead atoms. The van der Waals surface area contributed by atoms with Crippen LogP contribution in [0.2, 0.25) is 0 Å². The Kier molecular flexibility index (Phi) is 3.76. The number of ether oxygens (including phenoxy) is 2. The summed E-state index contributed by atoms with van der Waals surface area (Å²) >= 11 is 3.46. The van der Waals surface area contributed by atoms with Crippen LogP contribution in [0.4, 0.5) is 0 Å². The van der Waals surface area contributed by atoms with Crippen LogP contribution in [0.1, 0.15) is 31.4 Å². The Labute approximate surface area is 110 Å². The molecule has 0 saturated carbocycles. The maximum Gasteiger partial charge on any atom is 0.126 e. The summed E-state index contributed by atoms with van der Waals surface area (Å²) in [6, 6.07) is 6.05. The van der Waals surface area contributed by atoms with Gasteiger partial charge < -0.3 is 15.2 Å². The average molecular weight is 300 g/mol. The van der Waals surface area contributed by atoms with Crippen LogP contribution in [-0.4, -0.2) is 19.3 Å². The lowest BCUT2D eigenvalue weighted by atomic mass is 9.87. The van der Waals surface area contributed by atoms with E-state index in [1.54, 1.807) is 7.11 Å². The number of hydrogen-bond acceptors (Lipinski definition) is 3. The van der Waals surface area contributed by atoms with Gasteiger partial charge in [0.1, 0.15) is 11.4 Å².